The molecule has 3 rings (SSSR count). The van der Waals surface area contributed by atoms with Gasteiger partial charge in [0.05, 0.1) is 5.02 Å². The maximum absolute atomic E-state index is 5.99. The molecule has 2 aliphatic rings. The second kappa shape index (κ2) is 6.32. The molecule has 0 radical (unpaired) electrons. The summed E-state index contributed by atoms with van der Waals surface area (Å²) in [5.41, 5.74) is 0.0432. The number of nitrogens with zero attached hydrogens (tertiary/aromatic N) is 3. The van der Waals surface area contributed by atoms with Crippen LogP contribution in [0.2, 0.25) is 5.02 Å². The van der Waals surface area contributed by atoms with Crippen molar-refractivity contribution in [3.05, 3.63) is 23.4 Å². The molecule has 2 saturated heterocycles. The average Bonchev–Trinajstić information content (AvgIpc) is 2.48. The number of aromatic nitrogens is 1. The van der Waals surface area contributed by atoms with Crippen LogP contribution < -0.4 is 10.2 Å². The number of thioether (sulfide) groups is 1. The number of pyridine rings is 1. The lowest BCUT2D eigenvalue weighted by Gasteiger charge is -2.53. The van der Waals surface area contributed by atoms with Crippen molar-refractivity contribution >= 4 is 29.2 Å². The van der Waals surface area contributed by atoms with Crippen molar-refractivity contribution in [2.24, 2.45) is 0 Å². The largest absolute Gasteiger partial charge is 0.338 e. The molecule has 2 aliphatic heterocycles. The molecule has 0 spiro atoms. The molecule has 1 N–H and O–H groups in total. The summed E-state index contributed by atoms with van der Waals surface area (Å²) in [5, 5.41) is 4.37. The van der Waals surface area contributed by atoms with Gasteiger partial charge in [-0.15, -0.1) is 0 Å². The van der Waals surface area contributed by atoms with Gasteiger partial charge >= 0.3 is 0 Å². The molecule has 0 amide bonds. The van der Waals surface area contributed by atoms with Crippen LogP contribution in [0.3, 0.4) is 0 Å². The van der Waals surface area contributed by atoms with Crippen molar-refractivity contribution in [3.8, 4) is 0 Å². The average molecular weight is 327 g/mol. The first-order chi connectivity index (χ1) is 10.1. The van der Waals surface area contributed by atoms with Crippen LogP contribution in [-0.4, -0.2) is 59.3 Å². The Morgan fingerprint density at radius 1 is 1.29 bits per heavy atom. The molecule has 6 heteroatoms. The van der Waals surface area contributed by atoms with Gasteiger partial charge in [0.2, 0.25) is 0 Å². The van der Waals surface area contributed by atoms with E-state index in [0.29, 0.717) is 11.2 Å². The molecule has 3 heterocycles. The third-order valence-corrected chi connectivity index (χ3v) is 5.44. The standard InChI is InChI=1S/C15H23ClN4S/c1-15(2)14(19-7-9-21-10-8-19)20(6-5-18-15)13-4-3-12(16)11-17-13/h3-4,11,14,18H,5-10H2,1-2H3. The molecular formula is C15H23ClN4S. The minimum atomic E-state index is 0.0432. The Hall–Kier alpha value is -0.490. The molecule has 4 nitrogen and oxygen atoms in total. The lowest BCUT2D eigenvalue weighted by Crippen LogP contribution is -2.71. The van der Waals surface area contributed by atoms with Crippen LogP contribution in [0.5, 0.6) is 0 Å². The highest BCUT2D eigenvalue weighted by Crippen LogP contribution is 2.29. The Morgan fingerprint density at radius 3 is 2.71 bits per heavy atom. The lowest BCUT2D eigenvalue weighted by atomic mass is 9.95. The first-order valence-electron chi connectivity index (χ1n) is 7.53. The van der Waals surface area contributed by atoms with E-state index in [-0.39, 0.29) is 5.54 Å². The molecule has 116 valence electrons. The van der Waals surface area contributed by atoms with Gasteiger partial charge in [0.15, 0.2) is 0 Å². The number of hydrogen-bond acceptors (Lipinski definition) is 5. The quantitative estimate of drug-likeness (QED) is 0.901. The molecule has 0 aliphatic carbocycles. The minimum absolute atomic E-state index is 0.0432. The molecule has 1 atom stereocenters. The predicted octanol–water partition coefficient (Wildman–Crippen LogP) is 2.30. The normalized spacial score (nSPS) is 26.8. The molecule has 21 heavy (non-hydrogen) atoms. The third kappa shape index (κ3) is 3.31. The van der Waals surface area contributed by atoms with E-state index >= 15 is 0 Å². The van der Waals surface area contributed by atoms with Gasteiger partial charge in [-0.1, -0.05) is 11.6 Å². The van der Waals surface area contributed by atoms with Crippen LogP contribution in [0.4, 0.5) is 5.82 Å². The number of rotatable bonds is 2. The fourth-order valence-corrected chi connectivity index (χ4v) is 4.40. The lowest BCUT2D eigenvalue weighted by molar-refractivity contribution is 0.102. The van der Waals surface area contributed by atoms with E-state index in [4.69, 9.17) is 11.6 Å². The molecule has 0 aromatic carbocycles. The van der Waals surface area contributed by atoms with Crippen molar-refractivity contribution in [2.75, 3.05) is 42.6 Å². The number of halogens is 1. The van der Waals surface area contributed by atoms with Crippen LogP contribution >= 0.6 is 23.4 Å². The Morgan fingerprint density at radius 2 is 2.05 bits per heavy atom. The number of hydrogen-bond donors (Lipinski definition) is 1. The van der Waals surface area contributed by atoms with E-state index in [1.54, 1.807) is 6.20 Å². The minimum Gasteiger partial charge on any atom is -0.338 e. The summed E-state index contributed by atoms with van der Waals surface area (Å²) in [6.45, 7) is 8.83. The molecule has 0 saturated carbocycles. The van der Waals surface area contributed by atoms with Crippen molar-refractivity contribution < 1.29 is 0 Å². The predicted molar refractivity (Wildman–Crippen MR) is 91.4 cm³/mol. The van der Waals surface area contributed by atoms with Gasteiger partial charge in [-0.2, -0.15) is 11.8 Å². The number of piperazine rings is 1. The first kappa shape index (κ1) is 15.4. The first-order valence-corrected chi connectivity index (χ1v) is 9.06. The zero-order valence-corrected chi connectivity index (χ0v) is 14.3. The van der Waals surface area contributed by atoms with Crippen LogP contribution in [0.1, 0.15) is 13.8 Å². The van der Waals surface area contributed by atoms with E-state index in [9.17, 15) is 0 Å². The van der Waals surface area contributed by atoms with Crippen LogP contribution in [-0.2, 0) is 0 Å². The van der Waals surface area contributed by atoms with Gasteiger partial charge in [0.1, 0.15) is 12.0 Å². The van der Waals surface area contributed by atoms with Gasteiger partial charge in [0, 0.05) is 49.4 Å². The smallest absolute Gasteiger partial charge is 0.129 e. The van der Waals surface area contributed by atoms with Crippen molar-refractivity contribution in [1.82, 2.24) is 15.2 Å². The van der Waals surface area contributed by atoms with Gasteiger partial charge in [0.25, 0.3) is 0 Å². The molecule has 1 aromatic heterocycles. The van der Waals surface area contributed by atoms with Gasteiger partial charge in [-0.3, -0.25) is 4.90 Å². The second-order valence-corrected chi connectivity index (χ2v) is 7.86. The molecule has 2 fully saturated rings. The van der Waals surface area contributed by atoms with Gasteiger partial charge in [-0.05, 0) is 26.0 Å². The zero-order valence-electron chi connectivity index (χ0n) is 12.7. The summed E-state index contributed by atoms with van der Waals surface area (Å²) in [6.07, 6.45) is 2.08. The monoisotopic (exact) mass is 326 g/mol. The summed E-state index contributed by atoms with van der Waals surface area (Å²) in [4.78, 5) is 9.58. The summed E-state index contributed by atoms with van der Waals surface area (Å²) in [5.74, 6) is 3.46. The van der Waals surface area contributed by atoms with Crippen molar-refractivity contribution in [3.63, 3.8) is 0 Å². The summed E-state index contributed by atoms with van der Waals surface area (Å²) in [7, 11) is 0. The van der Waals surface area contributed by atoms with Crippen LogP contribution in [0.15, 0.2) is 18.3 Å². The maximum atomic E-state index is 5.99. The third-order valence-electron chi connectivity index (χ3n) is 4.27. The van der Waals surface area contributed by atoms with E-state index in [0.717, 1.165) is 32.0 Å². The van der Waals surface area contributed by atoms with E-state index in [1.165, 1.54) is 11.5 Å². The summed E-state index contributed by atoms with van der Waals surface area (Å²) < 4.78 is 0. The molecule has 0 bridgehead atoms. The van der Waals surface area contributed by atoms with E-state index in [2.05, 4.69) is 33.9 Å². The van der Waals surface area contributed by atoms with E-state index in [1.807, 2.05) is 23.9 Å². The molecule has 1 aromatic rings. The summed E-state index contributed by atoms with van der Waals surface area (Å²) >= 11 is 8.03. The molecular weight excluding hydrogens is 304 g/mol. The van der Waals surface area contributed by atoms with Crippen LogP contribution in [0.25, 0.3) is 0 Å². The topological polar surface area (TPSA) is 31.4 Å². The number of nitrogens with one attached hydrogen (secondary N) is 1. The highest BCUT2D eigenvalue weighted by Gasteiger charge is 2.42. The fourth-order valence-electron chi connectivity index (χ4n) is 3.36. The van der Waals surface area contributed by atoms with Crippen molar-refractivity contribution in [1.29, 1.82) is 0 Å². The Bertz CT molecular complexity index is 473. The van der Waals surface area contributed by atoms with Crippen molar-refractivity contribution in [2.45, 2.75) is 25.6 Å². The Balaban J connectivity index is 1.89. The second-order valence-electron chi connectivity index (χ2n) is 6.20. The SMILES string of the molecule is CC1(C)NCCN(c2ccc(Cl)cn2)C1N1CCSCC1. The fraction of sp³-hybridized carbons (Fsp3) is 0.667. The maximum Gasteiger partial charge on any atom is 0.129 e. The summed E-state index contributed by atoms with van der Waals surface area (Å²) in [6, 6.07) is 3.97. The zero-order chi connectivity index (χ0) is 14.9. The van der Waals surface area contributed by atoms with Crippen LogP contribution in [0, 0.1) is 0 Å². The number of anilines is 1. The van der Waals surface area contributed by atoms with Gasteiger partial charge in [-0.25, -0.2) is 4.98 Å². The Kier molecular flexibility index (Phi) is 4.64. The highest BCUT2D eigenvalue weighted by molar-refractivity contribution is 7.99. The highest BCUT2D eigenvalue weighted by atomic mass is 35.5. The van der Waals surface area contributed by atoms with E-state index < -0.39 is 0 Å². The van der Waals surface area contributed by atoms with Gasteiger partial charge < -0.3 is 10.2 Å². The Labute approximate surface area is 136 Å². The molecule has 1 unspecified atom stereocenters.